The number of amides is 3. The van der Waals surface area contributed by atoms with Gasteiger partial charge in [0, 0.05) is 6.54 Å². The van der Waals surface area contributed by atoms with Crippen LogP contribution in [-0.4, -0.2) is 84.3 Å². The van der Waals surface area contributed by atoms with E-state index in [0.29, 0.717) is 0 Å². The molecular formula is C10H19N2O15P3. The molecule has 2 fully saturated rings. The van der Waals surface area contributed by atoms with Crippen molar-refractivity contribution in [1.29, 1.82) is 0 Å². The predicted octanol–water partition coefficient (Wildman–Crippen LogP) is -2.04. The molecule has 0 aromatic heterocycles. The predicted molar refractivity (Wildman–Crippen MR) is 89.9 cm³/mol. The van der Waals surface area contributed by atoms with Gasteiger partial charge in [0.15, 0.2) is 6.23 Å². The molecule has 2 heterocycles. The second-order valence-electron chi connectivity index (χ2n) is 6.28. The lowest BCUT2D eigenvalue weighted by Crippen LogP contribution is -2.59. The van der Waals surface area contributed by atoms with Gasteiger partial charge in [0.2, 0.25) is 5.91 Å². The van der Waals surface area contributed by atoms with E-state index in [1.807, 2.05) is 5.32 Å². The number of carbonyl (C=O) groups is 2. The van der Waals surface area contributed by atoms with Gasteiger partial charge in [-0.1, -0.05) is 6.92 Å². The minimum atomic E-state index is -5.73. The van der Waals surface area contributed by atoms with E-state index in [4.69, 9.17) is 19.4 Å². The van der Waals surface area contributed by atoms with Crippen molar-refractivity contribution in [3.8, 4) is 0 Å². The van der Waals surface area contributed by atoms with Crippen LogP contribution < -0.4 is 5.32 Å². The van der Waals surface area contributed by atoms with E-state index in [1.54, 1.807) is 0 Å². The average Bonchev–Trinajstić information content (AvgIpc) is 2.81. The number of phosphoric ester groups is 1. The van der Waals surface area contributed by atoms with Crippen LogP contribution >= 0.6 is 23.5 Å². The van der Waals surface area contributed by atoms with Gasteiger partial charge >= 0.3 is 29.5 Å². The largest absolute Gasteiger partial charge is 0.490 e. The Labute approximate surface area is 168 Å². The smallest absolute Gasteiger partial charge is 0.387 e. The Bertz CT molecular complexity index is 829. The van der Waals surface area contributed by atoms with Crippen LogP contribution in [0.4, 0.5) is 4.79 Å². The molecule has 0 aromatic carbocycles. The fraction of sp³-hybridized carbons (Fsp3) is 0.800. The third-order valence-electron chi connectivity index (χ3n) is 3.87. The van der Waals surface area contributed by atoms with Crippen LogP contribution in [-0.2, 0) is 36.4 Å². The van der Waals surface area contributed by atoms with Crippen molar-refractivity contribution < 1.29 is 71.0 Å². The van der Waals surface area contributed by atoms with Gasteiger partial charge in [-0.25, -0.2) is 18.5 Å². The molecule has 174 valence electrons. The van der Waals surface area contributed by atoms with Gasteiger partial charge in [0.1, 0.15) is 18.3 Å². The lowest BCUT2D eigenvalue weighted by atomic mass is 10.1. The molecule has 2 aliphatic rings. The van der Waals surface area contributed by atoms with Crippen LogP contribution in [0.3, 0.4) is 0 Å². The number of aliphatic hydroxyl groups excluding tert-OH is 2. The van der Waals surface area contributed by atoms with Crippen LogP contribution in [0.1, 0.15) is 6.92 Å². The van der Waals surface area contributed by atoms with Crippen LogP contribution in [0, 0.1) is 5.92 Å². The first-order valence-electron chi connectivity index (χ1n) is 7.93. The summed E-state index contributed by atoms with van der Waals surface area (Å²) < 4.78 is 50.2. The number of aliphatic hydroxyl groups is 2. The van der Waals surface area contributed by atoms with Crippen molar-refractivity contribution in [3.63, 3.8) is 0 Å². The zero-order valence-electron chi connectivity index (χ0n) is 14.9. The Kier molecular flexibility index (Phi) is 7.65. The molecule has 30 heavy (non-hydrogen) atoms. The maximum absolute atomic E-state index is 11.9. The van der Waals surface area contributed by atoms with Crippen LogP contribution in [0.15, 0.2) is 0 Å². The Morgan fingerprint density at radius 1 is 1.07 bits per heavy atom. The monoisotopic (exact) mass is 500 g/mol. The van der Waals surface area contributed by atoms with Crippen molar-refractivity contribution in [3.05, 3.63) is 0 Å². The summed E-state index contributed by atoms with van der Waals surface area (Å²) >= 11 is 0. The Morgan fingerprint density at radius 2 is 1.67 bits per heavy atom. The molecule has 0 bridgehead atoms. The molecule has 0 aliphatic carbocycles. The lowest BCUT2D eigenvalue weighted by molar-refractivity contribution is -0.130. The van der Waals surface area contributed by atoms with Crippen LogP contribution in [0.5, 0.6) is 0 Å². The molecule has 2 aliphatic heterocycles. The topological polar surface area (TPSA) is 259 Å². The van der Waals surface area contributed by atoms with Crippen LogP contribution in [0.25, 0.3) is 0 Å². The highest BCUT2D eigenvalue weighted by molar-refractivity contribution is 7.66. The summed E-state index contributed by atoms with van der Waals surface area (Å²) in [6, 6.07) is -0.914. The lowest BCUT2D eigenvalue weighted by Gasteiger charge is -2.35. The molecule has 0 aromatic rings. The summed E-state index contributed by atoms with van der Waals surface area (Å²) in [4.78, 5) is 59.7. The minimum absolute atomic E-state index is 0.165. The zero-order valence-corrected chi connectivity index (χ0v) is 17.6. The zero-order chi connectivity index (χ0) is 23.1. The van der Waals surface area contributed by atoms with E-state index < -0.39 is 72.5 Å². The molecule has 2 saturated heterocycles. The third kappa shape index (κ3) is 6.61. The minimum Gasteiger partial charge on any atom is -0.387 e. The van der Waals surface area contributed by atoms with Gasteiger partial charge in [-0.2, -0.15) is 8.62 Å². The summed E-state index contributed by atoms with van der Waals surface area (Å²) in [5, 5.41) is 22.1. The molecule has 20 heteroatoms. The number of nitrogens with zero attached hydrogens (tertiary/aromatic N) is 1. The fourth-order valence-corrected chi connectivity index (χ4v) is 5.61. The van der Waals surface area contributed by atoms with E-state index in [-0.39, 0.29) is 6.54 Å². The first-order chi connectivity index (χ1) is 13.5. The number of hydrogen-bond donors (Lipinski definition) is 7. The molecule has 0 spiro atoms. The van der Waals surface area contributed by atoms with E-state index in [0.717, 1.165) is 4.90 Å². The number of imide groups is 1. The summed E-state index contributed by atoms with van der Waals surface area (Å²) in [6.45, 7) is 0.295. The molecule has 17 nitrogen and oxygen atoms in total. The number of urea groups is 1. The quantitative estimate of drug-likeness (QED) is 0.177. The normalized spacial score (nSPS) is 34.4. The standard InChI is InChI=1S/C10H19N2O15P3/c1-4-2-12(10(16)11-8(4)15)9-7(14)6(13)5(25-9)3-24-29(20,21)27-30(22,23)26-28(17,18)19/h4-7,9,13-14H,2-3H2,1H3,(H,20,21)(H,22,23)(H,11,15,16)(H2,17,18,19). The molecule has 3 amide bonds. The Balaban J connectivity index is 2.00. The van der Waals surface area contributed by atoms with E-state index >= 15 is 0 Å². The van der Waals surface area contributed by atoms with Crippen molar-refractivity contribution in [2.45, 2.75) is 31.5 Å². The molecule has 7 atom stereocenters. The maximum Gasteiger partial charge on any atom is 0.490 e. The van der Waals surface area contributed by atoms with Gasteiger partial charge < -0.3 is 34.5 Å². The van der Waals surface area contributed by atoms with Crippen molar-refractivity contribution in [2.75, 3.05) is 13.2 Å². The SMILES string of the molecule is CC1CN(C2OC(COP(=O)(O)OP(=O)(O)OP(=O)(O)O)C(O)C2O)C(=O)NC1=O. The van der Waals surface area contributed by atoms with Crippen molar-refractivity contribution in [2.24, 2.45) is 5.92 Å². The number of ether oxygens (including phenoxy) is 1. The Morgan fingerprint density at radius 3 is 2.23 bits per heavy atom. The van der Waals surface area contributed by atoms with Crippen molar-refractivity contribution in [1.82, 2.24) is 10.2 Å². The highest BCUT2D eigenvalue weighted by Crippen LogP contribution is 2.66. The molecule has 0 radical (unpaired) electrons. The van der Waals surface area contributed by atoms with Gasteiger partial charge in [0.25, 0.3) is 0 Å². The second-order valence-corrected chi connectivity index (χ2v) is 10.7. The number of carbonyl (C=O) groups excluding carboxylic acids is 2. The number of hydrogen-bond acceptors (Lipinski definition) is 11. The molecular weight excluding hydrogens is 481 g/mol. The molecule has 7 unspecified atom stereocenters. The van der Waals surface area contributed by atoms with E-state index in [2.05, 4.69) is 13.1 Å². The van der Waals surface area contributed by atoms with E-state index in [1.165, 1.54) is 6.92 Å². The highest BCUT2D eigenvalue weighted by atomic mass is 31.3. The summed E-state index contributed by atoms with van der Waals surface area (Å²) in [7, 11) is -16.8. The highest BCUT2D eigenvalue weighted by Gasteiger charge is 2.50. The number of rotatable bonds is 8. The fourth-order valence-electron chi connectivity index (χ4n) is 2.58. The first kappa shape index (κ1) is 25.5. The Hall–Kier alpha value is -0.770. The molecule has 7 N–H and O–H groups in total. The third-order valence-corrected chi connectivity index (χ3v) is 7.67. The van der Waals surface area contributed by atoms with Crippen molar-refractivity contribution >= 4 is 35.4 Å². The van der Waals surface area contributed by atoms with Gasteiger partial charge in [0.05, 0.1) is 12.5 Å². The number of phosphoric acid groups is 3. The molecule has 0 saturated carbocycles. The van der Waals surface area contributed by atoms with Gasteiger partial charge in [-0.05, 0) is 0 Å². The summed E-state index contributed by atoms with van der Waals surface area (Å²) in [5.41, 5.74) is 0. The maximum atomic E-state index is 11.9. The van der Waals surface area contributed by atoms with E-state index in [9.17, 15) is 38.4 Å². The van der Waals surface area contributed by atoms with Gasteiger partial charge in [-0.3, -0.25) is 19.5 Å². The summed E-state index contributed by atoms with van der Waals surface area (Å²) in [6.07, 6.45) is -6.49. The van der Waals surface area contributed by atoms with Crippen LogP contribution in [0.2, 0.25) is 0 Å². The number of nitrogens with one attached hydrogen (secondary N) is 1. The van der Waals surface area contributed by atoms with Gasteiger partial charge in [-0.15, -0.1) is 0 Å². The first-order valence-corrected chi connectivity index (χ1v) is 12.4. The summed E-state index contributed by atoms with van der Waals surface area (Å²) in [5.74, 6) is -1.22. The molecule has 2 rings (SSSR count). The second kappa shape index (κ2) is 9.00. The average molecular weight is 500 g/mol.